The van der Waals surface area contributed by atoms with Gasteiger partial charge >= 0.3 is 0 Å². The van der Waals surface area contributed by atoms with E-state index < -0.39 is 0 Å². The molecule has 2 N–H and O–H groups in total. The van der Waals surface area contributed by atoms with Gasteiger partial charge < -0.3 is 25.0 Å². The van der Waals surface area contributed by atoms with Crippen LogP contribution >= 0.6 is 0 Å². The summed E-state index contributed by atoms with van der Waals surface area (Å²) in [6, 6.07) is 5.69. The van der Waals surface area contributed by atoms with Gasteiger partial charge in [0.25, 0.3) is 0 Å². The number of nitrogen functional groups attached to an aromatic ring is 1. The molecule has 0 bridgehead atoms. The summed E-state index contributed by atoms with van der Waals surface area (Å²) in [5.41, 5.74) is 8.32. The van der Waals surface area contributed by atoms with E-state index in [0.717, 1.165) is 75.3 Å². The fourth-order valence-electron chi connectivity index (χ4n) is 3.03. The lowest BCUT2D eigenvalue weighted by molar-refractivity contribution is 0.120. The van der Waals surface area contributed by atoms with Crippen LogP contribution in [0.5, 0.6) is 0 Å². The molecular formula is C16H21N5O2. The standard InChI is InChI=1S/C16H21N5O2/c17-12-1-2-13-14(11-12)19-16(21-5-9-23-10-6-21)15(18-13)20-3-7-22-8-4-20/h1-2,11H,3-10,17H2. The molecule has 0 atom stereocenters. The molecule has 2 aromatic rings. The van der Waals surface area contributed by atoms with Gasteiger partial charge in [0.2, 0.25) is 0 Å². The molecule has 0 unspecified atom stereocenters. The highest BCUT2D eigenvalue weighted by atomic mass is 16.5. The van der Waals surface area contributed by atoms with Crippen molar-refractivity contribution >= 4 is 28.4 Å². The van der Waals surface area contributed by atoms with E-state index in [4.69, 9.17) is 25.2 Å². The van der Waals surface area contributed by atoms with Crippen LogP contribution in [0.1, 0.15) is 0 Å². The van der Waals surface area contributed by atoms with Crippen molar-refractivity contribution in [2.75, 3.05) is 68.1 Å². The molecule has 122 valence electrons. The zero-order valence-corrected chi connectivity index (χ0v) is 13.1. The Balaban J connectivity index is 1.81. The van der Waals surface area contributed by atoms with Gasteiger partial charge in [0.1, 0.15) is 0 Å². The number of ether oxygens (including phenoxy) is 2. The molecule has 0 amide bonds. The first-order valence-electron chi connectivity index (χ1n) is 8.04. The number of rotatable bonds is 2. The van der Waals surface area contributed by atoms with Crippen molar-refractivity contribution in [2.45, 2.75) is 0 Å². The molecule has 0 aliphatic carbocycles. The van der Waals surface area contributed by atoms with Crippen LogP contribution in [0.3, 0.4) is 0 Å². The maximum atomic E-state index is 5.90. The van der Waals surface area contributed by atoms with Crippen molar-refractivity contribution in [2.24, 2.45) is 0 Å². The van der Waals surface area contributed by atoms with E-state index >= 15 is 0 Å². The van der Waals surface area contributed by atoms with Gasteiger partial charge in [-0.05, 0) is 18.2 Å². The van der Waals surface area contributed by atoms with Crippen LogP contribution in [0.2, 0.25) is 0 Å². The summed E-state index contributed by atoms with van der Waals surface area (Å²) in [7, 11) is 0. The van der Waals surface area contributed by atoms with Gasteiger partial charge in [-0.2, -0.15) is 0 Å². The summed E-state index contributed by atoms with van der Waals surface area (Å²) < 4.78 is 10.9. The van der Waals surface area contributed by atoms with Crippen molar-refractivity contribution in [1.82, 2.24) is 9.97 Å². The minimum atomic E-state index is 0.707. The molecule has 2 aliphatic heterocycles. The quantitative estimate of drug-likeness (QED) is 0.825. The summed E-state index contributed by atoms with van der Waals surface area (Å²) >= 11 is 0. The predicted molar refractivity (Wildman–Crippen MR) is 90.0 cm³/mol. The normalized spacial score (nSPS) is 19.3. The van der Waals surface area contributed by atoms with Crippen molar-refractivity contribution in [1.29, 1.82) is 0 Å². The number of nitrogens with zero attached hydrogens (tertiary/aromatic N) is 4. The Morgan fingerprint density at radius 3 is 1.87 bits per heavy atom. The lowest BCUT2D eigenvalue weighted by atomic mass is 10.2. The molecule has 2 aliphatic rings. The largest absolute Gasteiger partial charge is 0.399 e. The SMILES string of the molecule is Nc1ccc2nc(N3CCOCC3)c(N3CCOCC3)nc2c1. The first-order chi connectivity index (χ1) is 11.3. The monoisotopic (exact) mass is 315 g/mol. The maximum Gasteiger partial charge on any atom is 0.172 e. The number of anilines is 3. The van der Waals surface area contributed by atoms with E-state index in [1.807, 2.05) is 18.2 Å². The Hall–Kier alpha value is -2.12. The Kier molecular flexibility index (Phi) is 3.88. The molecule has 1 aromatic carbocycles. The number of hydrogen-bond acceptors (Lipinski definition) is 7. The van der Waals surface area contributed by atoms with Gasteiger partial charge in [-0.15, -0.1) is 0 Å². The molecule has 0 radical (unpaired) electrons. The van der Waals surface area contributed by atoms with Gasteiger partial charge in [-0.1, -0.05) is 0 Å². The van der Waals surface area contributed by atoms with Crippen LogP contribution < -0.4 is 15.5 Å². The van der Waals surface area contributed by atoms with Gasteiger partial charge in [-0.25, -0.2) is 9.97 Å². The number of benzene rings is 1. The van der Waals surface area contributed by atoms with Crippen molar-refractivity contribution in [3.63, 3.8) is 0 Å². The van der Waals surface area contributed by atoms with E-state index in [1.165, 1.54) is 0 Å². The second kappa shape index (κ2) is 6.17. The fraction of sp³-hybridized carbons (Fsp3) is 0.500. The molecule has 7 heteroatoms. The zero-order chi connectivity index (χ0) is 15.6. The van der Waals surface area contributed by atoms with E-state index in [2.05, 4.69) is 9.80 Å². The lowest BCUT2D eigenvalue weighted by Crippen LogP contribution is -2.41. The van der Waals surface area contributed by atoms with Crippen molar-refractivity contribution in [3.8, 4) is 0 Å². The third kappa shape index (κ3) is 2.89. The minimum absolute atomic E-state index is 0.707. The van der Waals surface area contributed by atoms with E-state index in [-0.39, 0.29) is 0 Å². The smallest absolute Gasteiger partial charge is 0.172 e. The summed E-state index contributed by atoms with van der Waals surface area (Å²) in [5.74, 6) is 1.86. The maximum absolute atomic E-state index is 5.90. The second-order valence-corrected chi connectivity index (χ2v) is 5.82. The molecule has 0 spiro atoms. The minimum Gasteiger partial charge on any atom is -0.399 e. The van der Waals surface area contributed by atoms with E-state index in [1.54, 1.807) is 0 Å². The van der Waals surface area contributed by atoms with Crippen LogP contribution in [0.25, 0.3) is 11.0 Å². The Labute approximate surface area is 135 Å². The van der Waals surface area contributed by atoms with Crippen molar-refractivity contribution in [3.05, 3.63) is 18.2 Å². The van der Waals surface area contributed by atoms with Gasteiger partial charge in [0.05, 0.1) is 37.5 Å². The van der Waals surface area contributed by atoms with Gasteiger partial charge in [0.15, 0.2) is 11.6 Å². The van der Waals surface area contributed by atoms with Crippen LogP contribution in [-0.4, -0.2) is 62.6 Å². The van der Waals surface area contributed by atoms with Crippen LogP contribution in [0.4, 0.5) is 17.3 Å². The first kappa shape index (κ1) is 14.5. The van der Waals surface area contributed by atoms with Crippen LogP contribution in [0, 0.1) is 0 Å². The third-order valence-electron chi connectivity index (χ3n) is 4.27. The highest BCUT2D eigenvalue weighted by Gasteiger charge is 2.23. The number of hydrogen-bond donors (Lipinski definition) is 1. The molecule has 0 saturated carbocycles. The number of morpholine rings is 2. The third-order valence-corrected chi connectivity index (χ3v) is 4.27. The molecule has 7 nitrogen and oxygen atoms in total. The molecule has 2 fully saturated rings. The fourth-order valence-corrected chi connectivity index (χ4v) is 3.03. The molecule has 2 saturated heterocycles. The van der Waals surface area contributed by atoms with Crippen LogP contribution in [-0.2, 0) is 9.47 Å². The van der Waals surface area contributed by atoms with Gasteiger partial charge in [0, 0.05) is 31.9 Å². The van der Waals surface area contributed by atoms with E-state index in [0.29, 0.717) is 5.69 Å². The number of aromatic nitrogens is 2. The van der Waals surface area contributed by atoms with E-state index in [9.17, 15) is 0 Å². The highest BCUT2D eigenvalue weighted by molar-refractivity contribution is 5.83. The zero-order valence-electron chi connectivity index (χ0n) is 13.1. The number of fused-ring (bicyclic) bond motifs is 1. The Bertz CT molecular complexity index is 696. The summed E-state index contributed by atoms with van der Waals surface area (Å²) in [6.07, 6.45) is 0. The number of nitrogens with two attached hydrogens (primary N) is 1. The Morgan fingerprint density at radius 1 is 0.783 bits per heavy atom. The Morgan fingerprint density at radius 2 is 1.30 bits per heavy atom. The first-order valence-corrected chi connectivity index (χ1v) is 8.04. The highest BCUT2D eigenvalue weighted by Crippen LogP contribution is 2.30. The molecule has 1 aromatic heterocycles. The second-order valence-electron chi connectivity index (χ2n) is 5.82. The average Bonchev–Trinajstić information content (AvgIpc) is 2.62. The van der Waals surface area contributed by atoms with Crippen LogP contribution in [0.15, 0.2) is 18.2 Å². The van der Waals surface area contributed by atoms with Gasteiger partial charge in [-0.3, -0.25) is 0 Å². The summed E-state index contributed by atoms with van der Waals surface area (Å²) in [6.45, 7) is 6.24. The molecule has 4 rings (SSSR count). The average molecular weight is 315 g/mol. The predicted octanol–water partition coefficient (Wildman–Crippen LogP) is 0.885. The summed E-state index contributed by atoms with van der Waals surface area (Å²) in [4.78, 5) is 14.3. The molecular weight excluding hydrogens is 294 g/mol. The summed E-state index contributed by atoms with van der Waals surface area (Å²) in [5, 5.41) is 0. The topological polar surface area (TPSA) is 76.7 Å². The molecule has 3 heterocycles. The lowest BCUT2D eigenvalue weighted by Gasteiger charge is -2.34. The van der Waals surface area contributed by atoms with Crippen molar-refractivity contribution < 1.29 is 9.47 Å². The molecule has 23 heavy (non-hydrogen) atoms.